The van der Waals surface area contributed by atoms with E-state index in [1.165, 1.54) is 0 Å². The van der Waals surface area contributed by atoms with E-state index in [-0.39, 0.29) is 5.78 Å². The van der Waals surface area contributed by atoms with E-state index in [1.807, 2.05) is 26.0 Å². The van der Waals surface area contributed by atoms with Gasteiger partial charge in [0.05, 0.1) is 18.6 Å². The van der Waals surface area contributed by atoms with Crippen molar-refractivity contribution < 1.29 is 14.3 Å². The quantitative estimate of drug-likeness (QED) is 0.670. The van der Waals surface area contributed by atoms with E-state index in [0.717, 1.165) is 17.7 Å². The van der Waals surface area contributed by atoms with E-state index >= 15 is 0 Å². The molecule has 84 valence electrons. The van der Waals surface area contributed by atoms with Crippen molar-refractivity contribution in [1.82, 2.24) is 0 Å². The number of Topliss-reactive ketones (excluding diaryl/α,β-unsaturated/α-hetero) is 1. The zero-order valence-corrected chi connectivity index (χ0v) is 9.50. The molecule has 0 saturated heterocycles. The van der Waals surface area contributed by atoms with Crippen LogP contribution in [0.4, 0.5) is 0 Å². The second-order valence-electron chi connectivity index (χ2n) is 4.99. The lowest BCUT2D eigenvalue weighted by atomic mass is 9.92. The summed E-state index contributed by atoms with van der Waals surface area (Å²) < 4.78 is 11.4. The highest BCUT2D eigenvalue weighted by atomic mass is 16.5. The van der Waals surface area contributed by atoms with Crippen molar-refractivity contribution in [1.29, 1.82) is 0 Å². The van der Waals surface area contributed by atoms with Crippen LogP contribution in [0, 0.1) is 0 Å². The van der Waals surface area contributed by atoms with Crippen LogP contribution in [-0.4, -0.2) is 18.0 Å². The Kier molecular flexibility index (Phi) is 1.82. The number of hydrogen-bond donors (Lipinski definition) is 0. The minimum Gasteiger partial charge on any atom is -0.489 e. The number of carbonyl (C=O) groups excluding carboxylic acids is 1. The number of ether oxygens (including phenoxy) is 2. The van der Waals surface area contributed by atoms with Gasteiger partial charge in [-0.25, -0.2) is 0 Å². The Labute approximate surface area is 94.4 Å². The summed E-state index contributed by atoms with van der Waals surface area (Å²) >= 11 is 0. The summed E-state index contributed by atoms with van der Waals surface area (Å²) in [6, 6.07) is 3.83. The summed E-state index contributed by atoms with van der Waals surface area (Å²) in [6.45, 7) is 4.55. The van der Waals surface area contributed by atoms with E-state index in [1.54, 1.807) is 0 Å². The van der Waals surface area contributed by atoms with Gasteiger partial charge in [0.15, 0.2) is 17.3 Å². The predicted molar refractivity (Wildman–Crippen MR) is 59.3 cm³/mol. The van der Waals surface area contributed by atoms with Crippen molar-refractivity contribution in [3.63, 3.8) is 0 Å². The lowest BCUT2D eigenvalue weighted by Crippen LogP contribution is -2.36. The Bertz CT molecular complexity index is 474. The van der Waals surface area contributed by atoms with Gasteiger partial charge in [-0.2, -0.15) is 0 Å². The molecule has 0 spiro atoms. The monoisotopic (exact) mass is 218 g/mol. The zero-order valence-electron chi connectivity index (χ0n) is 9.50. The summed E-state index contributed by atoms with van der Waals surface area (Å²) in [7, 11) is 0. The SMILES string of the molecule is CC1(C)CC(=O)c2ccc3c(c2O1)OCC3. The molecule has 0 N–H and O–H groups in total. The number of ketones is 1. The smallest absolute Gasteiger partial charge is 0.173 e. The number of hydrogen-bond acceptors (Lipinski definition) is 3. The minimum atomic E-state index is -0.425. The molecule has 2 heterocycles. The van der Waals surface area contributed by atoms with Crippen LogP contribution < -0.4 is 9.47 Å². The summed E-state index contributed by atoms with van der Waals surface area (Å²) in [5.74, 6) is 1.57. The van der Waals surface area contributed by atoms with Crippen LogP contribution in [-0.2, 0) is 6.42 Å². The van der Waals surface area contributed by atoms with Crippen molar-refractivity contribution in [3.8, 4) is 11.5 Å². The molecular formula is C13H14O3. The first-order valence-electron chi connectivity index (χ1n) is 5.58. The Morgan fingerprint density at radius 3 is 2.88 bits per heavy atom. The van der Waals surface area contributed by atoms with E-state index in [4.69, 9.17) is 9.47 Å². The Balaban J connectivity index is 2.18. The van der Waals surface area contributed by atoms with Crippen molar-refractivity contribution in [2.24, 2.45) is 0 Å². The highest BCUT2D eigenvalue weighted by molar-refractivity contribution is 6.01. The molecule has 3 heteroatoms. The van der Waals surface area contributed by atoms with Crippen molar-refractivity contribution in [2.75, 3.05) is 6.61 Å². The second-order valence-corrected chi connectivity index (χ2v) is 4.99. The number of benzene rings is 1. The van der Waals surface area contributed by atoms with Gasteiger partial charge in [-0.05, 0) is 19.9 Å². The number of fused-ring (bicyclic) bond motifs is 3. The van der Waals surface area contributed by atoms with Crippen LogP contribution in [0.25, 0.3) is 0 Å². The van der Waals surface area contributed by atoms with Gasteiger partial charge in [0, 0.05) is 12.0 Å². The molecule has 0 bridgehead atoms. The van der Waals surface area contributed by atoms with E-state index in [9.17, 15) is 4.79 Å². The van der Waals surface area contributed by atoms with Gasteiger partial charge in [-0.1, -0.05) is 6.07 Å². The first kappa shape index (κ1) is 9.70. The minimum absolute atomic E-state index is 0.143. The van der Waals surface area contributed by atoms with Crippen LogP contribution in [0.1, 0.15) is 36.2 Å². The predicted octanol–water partition coefficient (Wildman–Crippen LogP) is 2.37. The highest BCUT2D eigenvalue weighted by Crippen LogP contribution is 2.44. The molecule has 16 heavy (non-hydrogen) atoms. The molecule has 0 fully saturated rings. The average molecular weight is 218 g/mol. The maximum absolute atomic E-state index is 12.0. The molecule has 0 saturated carbocycles. The Hall–Kier alpha value is -1.51. The van der Waals surface area contributed by atoms with Crippen molar-refractivity contribution in [3.05, 3.63) is 23.3 Å². The molecule has 3 rings (SSSR count). The van der Waals surface area contributed by atoms with Crippen LogP contribution >= 0.6 is 0 Å². The average Bonchev–Trinajstić information content (AvgIpc) is 2.63. The summed E-state index contributed by atoms with van der Waals surface area (Å²) in [6.07, 6.45) is 1.33. The summed E-state index contributed by atoms with van der Waals surface area (Å²) in [5.41, 5.74) is 1.38. The normalized spacial score (nSPS) is 20.8. The Morgan fingerprint density at radius 2 is 2.06 bits per heavy atom. The largest absolute Gasteiger partial charge is 0.489 e. The third-order valence-electron chi connectivity index (χ3n) is 3.08. The molecule has 0 atom stereocenters. The molecule has 0 amide bonds. The van der Waals surface area contributed by atoms with Crippen LogP contribution in [0.15, 0.2) is 12.1 Å². The van der Waals surface area contributed by atoms with E-state index in [2.05, 4.69) is 0 Å². The summed E-state index contributed by atoms with van der Waals surface area (Å²) in [5, 5.41) is 0. The second kappa shape index (κ2) is 3.00. The topological polar surface area (TPSA) is 35.5 Å². The van der Waals surface area contributed by atoms with Gasteiger partial charge in [-0.3, -0.25) is 4.79 Å². The van der Waals surface area contributed by atoms with E-state index < -0.39 is 5.60 Å². The molecule has 0 radical (unpaired) electrons. The van der Waals surface area contributed by atoms with E-state index in [0.29, 0.717) is 24.3 Å². The highest BCUT2D eigenvalue weighted by Gasteiger charge is 2.36. The molecule has 0 aromatic heterocycles. The van der Waals surface area contributed by atoms with Crippen LogP contribution in [0.3, 0.4) is 0 Å². The van der Waals surface area contributed by atoms with Gasteiger partial charge in [0.2, 0.25) is 0 Å². The fourth-order valence-electron chi connectivity index (χ4n) is 2.34. The molecule has 2 aliphatic rings. The van der Waals surface area contributed by atoms with Gasteiger partial charge in [0.1, 0.15) is 5.60 Å². The van der Waals surface area contributed by atoms with Gasteiger partial charge >= 0.3 is 0 Å². The maximum atomic E-state index is 12.0. The molecule has 1 aromatic rings. The molecule has 2 aliphatic heterocycles. The molecule has 1 aromatic carbocycles. The van der Waals surface area contributed by atoms with Crippen molar-refractivity contribution >= 4 is 5.78 Å². The lowest BCUT2D eigenvalue weighted by molar-refractivity contribution is 0.0601. The molecular weight excluding hydrogens is 204 g/mol. The third kappa shape index (κ3) is 1.31. The Morgan fingerprint density at radius 1 is 1.25 bits per heavy atom. The third-order valence-corrected chi connectivity index (χ3v) is 3.08. The number of carbonyl (C=O) groups is 1. The standard InChI is InChI=1S/C13H14O3/c1-13(2)7-10(14)9-4-3-8-5-6-15-11(8)12(9)16-13/h3-4H,5-7H2,1-2H3. The number of rotatable bonds is 0. The fraction of sp³-hybridized carbons (Fsp3) is 0.462. The lowest BCUT2D eigenvalue weighted by Gasteiger charge is -2.32. The molecule has 0 aliphatic carbocycles. The fourth-order valence-corrected chi connectivity index (χ4v) is 2.34. The summed E-state index contributed by atoms with van der Waals surface area (Å²) in [4.78, 5) is 12.0. The van der Waals surface area contributed by atoms with Crippen LogP contribution in [0.2, 0.25) is 0 Å². The first-order valence-corrected chi connectivity index (χ1v) is 5.58. The molecule has 3 nitrogen and oxygen atoms in total. The van der Waals surface area contributed by atoms with Gasteiger partial charge in [-0.15, -0.1) is 0 Å². The van der Waals surface area contributed by atoms with Crippen LogP contribution in [0.5, 0.6) is 11.5 Å². The first-order chi connectivity index (χ1) is 7.57. The maximum Gasteiger partial charge on any atom is 0.173 e. The van der Waals surface area contributed by atoms with Gasteiger partial charge in [0.25, 0.3) is 0 Å². The molecule has 0 unspecified atom stereocenters. The van der Waals surface area contributed by atoms with Crippen molar-refractivity contribution in [2.45, 2.75) is 32.3 Å². The zero-order chi connectivity index (χ0) is 11.3. The van der Waals surface area contributed by atoms with Gasteiger partial charge < -0.3 is 9.47 Å².